The third-order valence-electron chi connectivity index (χ3n) is 11.9. The quantitative estimate of drug-likeness (QED) is 0.151. The maximum absolute atomic E-state index is 6.85. The molecule has 10 rings (SSSR count). The molecule has 1 saturated heterocycles. The first-order chi connectivity index (χ1) is 28.6. The van der Waals surface area contributed by atoms with Crippen LogP contribution in [0.25, 0.3) is 11.1 Å². The minimum Gasteiger partial charge on any atom is -0.456 e. The van der Waals surface area contributed by atoms with Gasteiger partial charge in [-0.1, -0.05) is 190 Å². The standard InChI is InChI=1S/C51H42B3N3O/c1-51(2)47-35-18-19-37-49(47)58-50-46(34-21-36-48(50)51)39-22-20-27-42(38-39)54-56(44-30-14-6-15-31-44)52(40-23-8-3-9-24-40)55(43-28-12-5-13-29-43)53(41-25-10-4-11-26-41)57(54)45-32-16-7-17-33-45/h3-38H,1-2H3. The van der Waals surface area contributed by atoms with Crippen LogP contribution in [0.3, 0.4) is 0 Å². The van der Waals surface area contributed by atoms with Crippen molar-refractivity contribution in [1.82, 2.24) is 0 Å². The van der Waals surface area contributed by atoms with E-state index in [1.54, 1.807) is 0 Å². The fourth-order valence-electron chi connectivity index (χ4n) is 9.23. The van der Waals surface area contributed by atoms with Gasteiger partial charge < -0.3 is 18.9 Å². The van der Waals surface area contributed by atoms with Gasteiger partial charge in [0.15, 0.2) is 0 Å². The van der Waals surface area contributed by atoms with E-state index in [9.17, 15) is 0 Å². The Bertz CT molecular complexity index is 2580. The zero-order chi connectivity index (χ0) is 39.1. The molecule has 4 nitrogen and oxygen atoms in total. The van der Waals surface area contributed by atoms with Crippen molar-refractivity contribution in [2.45, 2.75) is 19.3 Å². The lowest BCUT2D eigenvalue weighted by atomic mass is 9.37. The smallest absolute Gasteiger partial charge is 0.388 e. The minimum absolute atomic E-state index is 0.199. The van der Waals surface area contributed by atoms with Crippen LogP contribution in [0, 0.1) is 0 Å². The Labute approximate surface area is 343 Å². The van der Waals surface area contributed by atoms with Crippen LogP contribution in [0.5, 0.6) is 11.5 Å². The molecule has 0 aromatic heterocycles. The first-order valence-corrected chi connectivity index (χ1v) is 20.2. The van der Waals surface area contributed by atoms with Crippen molar-refractivity contribution >= 4 is 54.4 Å². The summed E-state index contributed by atoms with van der Waals surface area (Å²) in [5.41, 5.74) is 11.3. The summed E-state index contributed by atoms with van der Waals surface area (Å²) >= 11 is 0. The second-order valence-electron chi connectivity index (χ2n) is 15.7. The van der Waals surface area contributed by atoms with Crippen LogP contribution in [0.15, 0.2) is 218 Å². The maximum atomic E-state index is 6.85. The second-order valence-corrected chi connectivity index (χ2v) is 15.7. The van der Waals surface area contributed by atoms with Gasteiger partial charge in [0.05, 0.1) is 0 Å². The lowest BCUT2D eigenvalue weighted by Crippen LogP contribution is -2.86. The summed E-state index contributed by atoms with van der Waals surface area (Å²) in [4.78, 5) is 0. The number of nitrogens with zero attached hydrogens (tertiary/aromatic N) is 3. The molecule has 276 valence electrons. The van der Waals surface area contributed by atoms with Gasteiger partial charge in [-0.25, -0.2) is 0 Å². The van der Waals surface area contributed by atoms with Gasteiger partial charge in [-0.15, -0.1) is 0 Å². The SMILES string of the molecule is CC1(C)c2ccccc2Oc2c(-c3cccc(B4N(c5ccccc5)B(c5ccccc5)N(c5ccccc5)B(c5ccccc5)N4c4ccccc4)c3)cccc21. The van der Waals surface area contributed by atoms with Gasteiger partial charge in [0, 0.05) is 39.2 Å². The van der Waals surface area contributed by atoms with E-state index in [0.717, 1.165) is 39.7 Å². The van der Waals surface area contributed by atoms with Crippen molar-refractivity contribution in [2.75, 3.05) is 14.2 Å². The summed E-state index contributed by atoms with van der Waals surface area (Å²) in [7, 11) is 0. The Morgan fingerprint density at radius 3 is 1.29 bits per heavy atom. The van der Waals surface area contributed by atoms with E-state index in [4.69, 9.17) is 4.74 Å². The molecule has 0 amide bonds. The Balaban J connectivity index is 1.25. The van der Waals surface area contributed by atoms with E-state index in [0.29, 0.717) is 0 Å². The normalized spacial score (nSPS) is 14.4. The molecule has 2 heterocycles. The highest BCUT2D eigenvalue weighted by atomic mass is 16.5. The van der Waals surface area contributed by atoms with Crippen LogP contribution < -0.4 is 35.3 Å². The van der Waals surface area contributed by atoms with E-state index in [1.807, 2.05) is 0 Å². The van der Waals surface area contributed by atoms with Crippen LogP contribution in [0.2, 0.25) is 0 Å². The minimum atomic E-state index is -0.252. The highest BCUT2D eigenvalue weighted by Gasteiger charge is 2.55. The number of fused-ring (bicyclic) bond motifs is 2. The molecule has 0 spiro atoms. The zero-order valence-corrected chi connectivity index (χ0v) is 32.8. The van der Waals surface area contributed by atoms with Gasteiger partial charge in [0.25, 0.3) is 0 Å². The van der Waals surface area contributed by atoms with Crippen LogP contribution >= 0.6 is 0 Å². The molecule has 8 aromatic rings. The topological polar surface area (TPSA) is 19.0 Å². The van der Waals surface area contributed by atoms with Crippen molar-refractivity contribution in [1.29, 1.82) is 0 Å². The molecule has 58 heavy (non-hydrogen) atoms. The molecule has 0 radical (unpaired) electrons. The van der Waals surface area contributed by atoms with Gasteiger partial charge in [-0.3, -0.25) is 0 Å². The van der Waals surface area contributed by atoms with Crippen LogP contribution in [-0.4, -0.2) is 20.9 Å². The van der Waals surface area contributed by atoms with Crippen molar-refractivity contribution in [2.24, 2.45) is 0 Å². The summed E-state index contributed by atoms with van der Waals surface area (Å²) in [6.45, 7) is 3.95. The first-order valence-electron chi connectivity index (χ1n) is 20.2. The molecule has 2 aliphatic heterocycles. The fraction of sp³-hybridized carbons (Fsp3) is 0.0588. The average Bonchev–Trinajstić information content (AvgIpc) is 3.29. The predicted octanol–water partition coefficient (Wildman–Crippen LogP) is 9.80. The molecule has 0 unspecified atom stereocenters. The lowest BCUT2D eigenvalue weighted by molar-refractivity contribution is 0.419. The Morgan fingerprint density at radius 1 is 0.379 bits per heavy atom. The van der Waals surface area contributed by atoms with E-state index in [1.165, 1.54) is 27.5 Å². The number of para-hydroxylation sites is 5. The summed E-state index contributed by atoms with van der Waals surface area (Å²) < 4.78 is 14.7. The Kier molecular flexibility index (Phi) is 9.14. The van der Waals surface area contributed by atoms with Gasteiger partial charge in [-0.05, 0) is 64.4 Å². The maximum Gasteiger partial charge on any atom is 0.388 e. The average molecular weight is 745 g/mol. The van der Waals surface area contributed by atoms with Crippen LogP contribution in [0.1, 0.15) is 25.0 Å². The van der Waals surface area contributed by atoms with Crippen molar-refractivity contribution < 1.29 is 4.74 Å². The lowest BCUT2D eigenvalue weighted by Gasteiger charge is -2.57. The molecule has 0 aliphatic carbocycles. The monoisotopic (exact) mass is 745 g/mol. The molecule has 1 fully saturated rings. The molecule has 0 bridgehead atoms. The largest absolute Gasteiger partial charge is 0.456 e. The van der Waals surface area contributed by atoms with Crippen molar-refractivity contribution in [3.05, 3.63) is 230 Å². The summed E-state index contributed by atoms with van der Waals surface area (Å²) in [5, 5.41) is 0. The Morgan fingerprint density at radius 2 is 0.776 bits per heavy atom. The number of hydrogen-bond donors (Lipinski definition) is 0. The molecule has 0 saturated carbocycles. The third-order valence-corrected chi connectivity index (χ3v) is 11.9. The first kappa shape index (κ1) is 35.6. The molecule has 2 aliphatic rings. The molecule has 8 aromatic carbocycles. The zero-order valence-electron chi connectivity index (χ0n) is 32.8. The van der Waals surface area contributed by atoms with E-state index in [2.05, 4.69) is 246 Å². The van der Waals surface area contributed by atoms with E-state index < -0.39 is 0 Å². The predicted molar refractivity (Wildman–Crippen MR) is 246 cm³/mol. The van der Waals surface area contributed by atoms with Crippen LogP contribution in [0.4, 0.5) is 17.1 Å². The van der Waals surface area contributed by atoms with Crippen LogP contribution in [-0.2, 0) is 5.41 Å². The molecular weight excluding hydrogens is 703 g/mol. The van der Waals surface area contributed by atoms with Gasteiger partial charge >= 0.3 is 20.9 Å². The number of hydrogen-bond acceptors (Lipinski definition) is 4. The highest BCUT2D eigenvalue weighted by Crippen LogP contribution is 2.51. The van der Waals surface area contributed by atoms with E-state index in [-0.39, 0.29) is 26.4 Å². The van der Waals surface area contributed by atoms with Crippen molar-refractivity contribution in [3.8, 4) is 22.6 Å². The fourth-order valence-corrected chi connectivity index (χ4v) is 9.23. The Hall–Kier alpha value is -6.85. The number of benzene rings is 8. The summed E-state index contributed by atoms with van der Waals surface area (Å²) in [6.07, 6.45) is 0. The molecular formula is C51H42B3N3O. The van der Waals surface area contributed by atoms with E-state index >= 15 is 0 Å². The summed E-state index contributed by atoms with van der Waals surface area (Å²) in [6, 6.07) is 78.9. The van der Waals surface area contributed by atoms with Gasteiger partial charge in [0.2, 0.25) is 0 Å². The molecule has 0 N–H and O–H groups in total. The molecule has 0 atom stereocenters. The highest BCUT2D eigenvalue weighted by molar-refractivity contribution is 7.14. The van der Waals surface area contributed by atoms with Gasteiger partial charge in [-0.2, -0.15) is 0 Å². The number of anilines is 3. The van der Waals surface area contributed by atoms with Gasteiger partial charge in [0.1, 0.15) is 11.5 Å². The van der Waals surface area contributed by atoms with Crippen molar-refractivity contribution in [3.63, 3.8) is 0 Å². The summed E-state index contributed by atoms with van der Waals surface area (Å²) in [5.74, 6) is 1.84. The number of ether oxygens (including phenoxy) is 1. The number of rotatable bonds is 7. The second kappa shape index (κ2) is 14.9. The molecule has 7 heteroatoms. The third kappa shape index (κ3) is 6.15.